The molecular formula is C46H91NO5. The highest BCUT2D eigenvalue weighted by Gasteiger charge is 2.14. The number of unbranched alkanes of at least 4 members (excludes halogenated alkanes) is 22. The van der Waals surface area contributed by atoms with Crippen molar-refractivity contribution in [3.05, 3.63) is 0 Å². The maximum atomic E-state index is 12.7. The van der Waals surface area contributed by atoms with Gasteiger partial charge >= 0.3 is 11.9 Å². The second-order valence-corrected chi connectivity index (χ2v) is 16.3. The van der Waals surface area contributed by atoms with E-state index in [2.05, 4.69) is 32.6 Å². The minimum absolute atomic E-state index is 0.0191. The van der Waals surface area contributed by atoms with Crippen molar-refractivity contribution in [2.45, 2.75) is 246 Å². The molecule has 0 aromatic rings. The van der Waals surface area contributed by atoms with Crippen molar-refractivity contribution < 1.29 is 24.2 Å². The number of carbonyl (C=O) groups is 2. The molecule has 0 saturated carbocycles. The van der Waals surface area contributed by atoms with E-state index in [1.807, 2.05) is 0 Å². The van der Waals surface area contributed by atoms with Crippen LogP contribution in [-0.2, 0) is 19.1 Å². The molecular weight excluding hydrogens is 647 g/mol. The van der Waals surface area contributed by atoms with Gasteiger partial charge in [-0.05, 0) is 83.2 Å². The summed E-state index contributed by atoms with van der Waals surface area (Å²) >= 11 is 0. The molecule has 0 aromatic carbocycles. The number of esters is 2. The smallest absolute Gasteiger partial charge is 0.306 e. The average Bonchev–Trinajstić information content (AvgIpc) is 3.12. The molecule has 52 heavy (non-hydrogen) atoms. The van der Waals surface area contributed by atoms with E-state index in [0.29, 0.717) is 19.4 Å². The molecule has 1 N–H and O–H groups in total. The van der Waals surface area contributed by atoms with E-state index in [0.717, 1.165) is 83.3 Å². The van der Waals surface area contributed by atoms with Crippen LogP contribution in [0.25, 0.3) is 0 Å². The number of nitrogens with zero attached hydrogens (tertiary/aromatic N) is 1. The number of hydrogen-bond donors (Lipinski definition) is 1. The lowest BCUT2D eigenvalue weighted by Gasteiger charge is -2.22. The van der Waals surface area contributed by atoms with Crippen LogP contribution in [0.1, 0.15) is 240 Å². The molecule has 0 aliphatic rings. The fourth-order valence-electron chi connectivity index (χ4n) is 7.15. The van der Waals surface area contributed by atoms with Gasteiger partial charge in [-0.1, -0.05) is 163 Å². The Bertz CT molecular complexity index is 728. The van der Waals surface area contributed by atoms with Crippen molar-refractivity contribution in [2.24, 2.45) is 5.92 Å². The molecule has 0 aromatic heterocycles. The molecule has 0 radical (unpaired) electrons. The highest BCUT2D eigenvalue weighted by molar-refractivity contribution is 5.69. The van der Waals surface area contributed by atoms with E-state index in [9.17, 15) is 14.7 Å². The highest BCUT2D eigenvalue weighted by atomic mass is 16.5. The molecule has 0 heterocycles. The zero-order chi connectivity index (χ0) is 38.2. The molecule has 0 amide bonds. The third kappa shape index (κ3) is 38.6. The number of carbonyl (C=O) groups excluding carboxylic acids is 2. The third-order valence-electron chi connectivity index (χ3n) is 10.6. The van der Waals surface area contributed by atoms with Crippen LogP contribution < -0.4 is 0 Å². The first-order valence-electron chi connectivity index (χ1n) is 23.1. The van der Waals surface area contributed by atoms with Crippen molar-refractivity contribution in [3.63, 3.8) is 0 Å². The monoisotopic (exact) mass is 738 g/mol. The Morgan fingerprint density at radius 3 is 1.38 bits per heavy atom. The van der Waals surface area contributed by atoms with Gasteiger partial charge < -0.3 is 19.5 Å². The lowest BCUT2D eigenvalue weighted by atomic mass is 10.0. The van der Waals surface area contributed by atoms with E-state index in [4.69, 9.17) is 9.47 Å². The molecule has 0 bridgehead atoms. The van der Waals surface area contributed by atoms with Gasteiger partial charge in [0.1, 0.15) is 6.10 Å². The Labute approximate surface area is 324 Å². The summed E-state index contributed by atoms with van der Waals surface area (Å²) in [5, 5.41) is 9.39. The van der Waals surface area contributed by atoms with Gasteiger partial charge in [0.25, 0.3) is 0 Å². The first kappa shape index (κ1) is 50.9. The summed E-state index contributed by atoms with van der Waals surface area (Å²) in [6.07, 6.45) is 38.0. The van der Waals surface area contributed by atoms with Crippen molar-refractivity contribution in [2.75, 3.05) is 32.8 Å². The summed E-state index contributed by atoms with van der Waals surface area (Å²) in [7, 11) is 0. The van der Waals surface area contributed by atoms with Gasteiger partial charge in [-0.3, -0.25) is 9.59 Å². The van der Waals surface area contributed by atoms with Crippen LogP contribution in [0.5, 0.6) is 0 Å². The molecule has 0 unspecified atom stereocenters. The summed E-state index contributed by atoms with van der Waals surface area (Å²) in [5.41, 5.74) is 0. The fourth-order valence-corrected chi connectivity index (χ4v) is 7.15. The predicted molar refractivity (Wildman–Crippen MR) is 223 cm³/mol. The summed E-state index contributed by atoms with van der Waals surface area (Å²) in [6.45, 7) is 13.1. The zero-order valence-electron chi connectivity index (χ0n) is 35.6. The van der Waals surface area contributed by atoms with Crippen molar-refractivity contribution in [1.82, 2.24) is 4.90 Å². The summed E-state index contributed by atoms with van der Waals surface area (Å²) in [6, 6.07) is 0. The van der Waals surface area contributed by atoms with E-state index in [-0.39, 0.29) is 24.6 Å². The number of rotatable bonds is 42. The predicted octanol–water partition coefficient (Wildman–Crippen LogP) is 13.3. The fraction of sp³-hybridized carbons (Fsp3) is 0.957. The molecule has 0 rings (SSSR count). The standard InChI is InChI=1S/C46H91NO5/c1-5-7-9-11-17-25-34-44(35-26-18-12-10-8-6-2)52-46(50)37-28-20-14-22-30-39-47(40-32-41-48)38-29-21-13-19-27-36-45(49)51-42-31-23-15-16-24-33-43(3)4/h43-44,48H,5-42H2,1-4H3. The maximum absolute atomic E-state index is 12.7. The lowest BCUT2D eigenvalue weighted by Crippen LogP contribution is -2.27. The molecule has 0 aliphatic heterocycles. The van der Waals surface area contributed by atoms with Crippen LogP contribution in [0.15, 0.2) is 0 Å². The van der Waals surface area contributed by atoms with Crippen LogP contribution in [0.2, 0.25) is 0 Å². The SMILES string of the molecule is CCCCCCCCC(CCCCCCCC)OC(=O)CCCCCCCN(CCCO)CCCCCCCC(=O)OCCCCCCCC(C)C. The Balaban J connectivity index is 4.01. The number of aliphatic hydroxyl groups is 1. The molecule has 310 valence electrons. The quantitative estimate of drug-likeness (QED) is 0.0496. The summed E-state index contributed by atoms with van der Waals surface area (Å²) in [5.74, 6) is 0.791. The van der Waals surface area contributed by atoms with Gasteiger partial charge in [-0.25, -0.2) is 0 Å². The number of aliphatic hydroxyl groups excluding tert-OH is 1. The normalized spacial score (nSPS) is 11.7. The molecule has 0 spiro atoms. The van der Waals surface area contributed by atoms with Gasteiger partial charge in [0.2, 0.25) is 0 Å². The van der Waals surface area contributed by atoms with Gasteiger partial charge in [-0.15, -0.1) is 0 Å². The molecule has 0 saturated heterocycles. The first-order chi connectivity index (χ1) is 25.4. The molecule has 6 nitrogen and oxygen atoms in total. The van der Waals surface area contributed by atoms with Gasteiger partial charge in [-0.2, -0.15) is 0 Å². The van der Waals surface area contributed by atoms with Gasteiger partial charge in [0.15, 0.2) is 0 Å². The Hall–Kier alpha value is -1.14. The van der Waals surface area contributed by atoms with Crippen LogP contribution in [0.4, 0.5) is 0 Å². The van der Waals surface area contributed by atoms with Crippen LogP contribution >= 0.6 is 0 Å². The van der Waals surface area contributed by atoms with Crippen LogP contribution in [0, 0.1) is 5.92 Å². The van der Waals surface area contributed by atoms with Gasteiger partial charge in [0.05, 0.1) is 6.61 Å². The van der Waals surface area contributed by atoms with E-state index >= 15 is 0 Å². The Kier molecular flexibility index (Phi) is 40.1. The second-order valence-electron chi connectivity index (χ2n) is 16.3. The summed E-state index contributed by atoms with van der Waals surface area (Å²) < 4.78 is 11.5. The average molecular weight is 738 g/mol. The van der Waals surface area contributed by atoms with Crippen molar-refractivity contribution in [1.29, 1.82) is 0 Å². The highest BCUT2D eigenvalue weighted by Crippen LogP contribution is 2.19. The van der Waals surface area contributed by atoms with Crippen molar-refractivity contribution >= 4 is 11.9 Å². The minimum Gasteiger partial charge on any atom is -0.466 e. The molecule has 0 aliphatic carbocycles. The molecule has 6 heteroatoms. The number of hydrogen-bond acceptors (Lipinski definition) is 6. The van der Waals surface area contributed by atoms with Crippen LogP contribution in [0.3, 0.4) is 0 Å². The lowest BCUT2D eigenvalue weighted by molar-refractivity contribution is -0.150. The third-order valence-corrected chi connectivity index (χ3v) is 10.6. The zero-order valence-corrected chi connectivity index (χ0v) is 35.6. The second kappa shape index (κ2) is 41.0. The van der Waals surface area contributed by atoms with E-state index in [1.54, 1.807) is 0 Å². The molecule has 0 fully saturated rings. The van der Waals surface area contributed by atoms with Crippen LogP contribution in [-0.4, -0.2) is 60.9 Å². The van der Waals surface area contributed by atoms with Crippen molar-refractivity contribution in [3.8, 4) is 0 Å². The van der Waals surface area contributed by atoms with E-state index < -0.39 is 0 Å². The van der Waals surface area contributed by atoms with Gasteiger partial charge in [0, 0.05) is 26.0 Å². The largest absolute Gasteiger partial charge is 0.466 e. The number of ether oxygens (including phenoxy) is 2. The Morgan fingerprint density at radius 1 is 0.481 bits per heavy atom. The topological polar surface area (TPSA) is 76.1 Å². The Morgan fingerprint density at radius 2 is 0.885 bits per heavy atom. The van der Waals surface area contributed by atoms with E-state index in [1.165, 1.54) is 141 Å². The summed E-state index contributed by atoms with van der Waals surface area (Å²) in [4.78, 5) is 27.3. The minimum atomic E-state index is -0.0267. The first-order valence-corrected chi connectivity index (χ1v) is 23.1. The maximum Gasteiger partial charge on any atom is 0.306 e. The molecule has 0 atom stereocenters.